The van der Waals surface area contributed by atoms with E-state index in [2.05, 4.69) is 15.7 Å². The van der Waals surface area contributed by atoms with Crippen LogP contribution in [0.2, 0.25) is 5.02 Å². The van der Waals surface area contributed by atoms with Gasteiger partial charge in [-0.25, -0.2) is 4.98 Å². The zero-order chi connectivity index (χ0) is 16.9. The maximum absolute atomic E-state index is 12.2. The molecule has 0 aliphatic carbocycles. The molecule has 0 radical (unpaired) electrons. The summed E-state index contributed by atoms with van der Waals surface area (Å²) in [5, 5.41) is 6.60. The number of nitrogens with one attached hydrogen (secondary N) is 1. The van der Waals surface area contributed by atoms with Gasteiger partial charge in [-0.05, 0) is 49.4 Å². The molecule has 1 N–H and O–H groups in total. The SMILES string of the molecule is Cc1nc(CSc2ccc(C(=O)Nc3cccc(Cl)c3)cc2)cs1. The van der Waals surface area contributed by atoms with Crippen molar-refractivity contribution < 1.29 is 4.79 Å². The maximum Gasteiger partial charge on any atom is 0.255 e. The van der Waals surface area contributed by atoms with Gasteiger partial charge in [-0.1, -0.05) is 17.7 Å². The maximum atomic E-state index is 12.2. The van der Waals surface area contributed by atoms with Gasteiger partial charge in [0, 0.05) is 32.3 Å². The van der Waals surface area contributed by atoms with Crippen LogP contribution in [0.1, 0.15) is 21.1 Å². The number of aryl methyl sites for hydroxylation is 1. The molecular weight excluding hydrogens is 360 g/mol. The number of carbonyl (C=O) groups is 1. The number of benzene rings is 2. The summed E-state index contributed by atoms with van der Waals surface area (Å²) in [5.74, 6) is 0.683. The quantitative estimate of drug-likeness (QED) is 0.587. The largest absolute Gasteiger partial charge is 0.322 e. The van der Waals surface area contributed by atoms with Crippen LogP contribution in [0, 0.1) is 6.92 Å². The Morgan fingerprint density at radius 2 is 2.04 bits per heavy atom. The minimum absolute atomic E-state index is 0.149. The molecule has 0 spiro atoms. The number of hydrogen-bond donors (Lipinski definition) is 1. The fourth-order valence-electron chi connectivity index (χ4n) is 2.10. The van der Waals surface area contributed by atoms with Gasteiger partial charge in [-0.2, -0.15) is 0 Å². The number of amides is 1. The second-order valence-electron chi connectivity index (χ2n) is 5.14. The van der Waals surface area contributed by atoms with Crippen molar-refractivity contribution in [3.63, 3.8) is 0 Å². The van der Waals surface area contributed by atoms with Crippen LogP contribution in [0.4, 0.5) is 5.69 Å². The van der Waals surface area contributed by atoms with Crippen LogP contribution in [-0.4, -0.2) is 10.9 Å². The molecule has 3 nitrogen and oxygen atoms in total. The molecule has 0 saturated carbocycles. The molecule has 1 heterocycles. The zero-order valence-electron chi connectivity index (χ0n) is 13.0. The van der Waals surface area contributed by atoms with Gasteiger partial charge in [-0.3, -0.25) is 4.79 Å². The molecule has 3 rings (SSSR count). The Hall–Kier alpha value is -1.82. The lowest BCUT2D eigenvalue weighted by molar-refractivity contribution is 0.102. The molecule has 0 saturated heterocycles. The van der Waals surface area contributed by atoms with Crippen molar-refractivity contribution in [3.8, 4) is 0 Å². The number of thioether (sulfide) groups is 1. The van der Waals surface area contributed by atoms with Crippen molar-refractivity contribution in [1.82, 2.24) is 4.98 Å². The van der Waals surface area contributed by atoms with E-state index in [0.29, 0.717) is 16.3 Å². The number of hydrogen-bond acceptors (Lipinski definition) is 4. The number of halogens is 1. The lowest BCUT2D eigenvalue weighted by Gasteiger charge is -2.06. The highest BCUT2D eigenvalue weighted by Gasteiger charge is 2.07. The van der Waals surface area contributed by atoms with Crippen LogP contribution in [0.25, 0.3) is 0 Å². The first-order valence-electron chi connectivity index (χ1n) is 7.31. The van der Waals surface area contributed by atoms with Gasteiger partial charge in [0.05, 0.1) is 10.7 Å². The highest BCUT2D eigenvalue weighted by atomic mass is 35.5. The van der Waals surface area contributed by atoms with Crippen molar-refractivity contribution in [2.24, 2.45) is 0 Å². The predicted molar refractivity (Wildman–Crippen MR) is 102 cm³/mol. The Kier molecular flexibility index (Phi) is 5.56. The van der Waals surface area contributed by atoms with Gasteiger partial charge >= 0.3 is 0 Å². The van der Waals surface area contributed by atoms with Gasteiger partial charge in [0.25, 0.3) is 5.91 Å². The van der Waals surface area contributed by atoms with E-state index < -0.39 is 0 Å². The predicted octanol–water partition coefficient (Wildman–Crippen LogP) is 5.65. The Morgan fingerprint density at radius 3 is 2.71 bits per heavy atom. The molecule has 0 aliphatic heterocycles. The molecule has 0 atom stereocenters. The summed E-state index contributed by atoms with van der Waals surface area (Å²) in [6, 6.07) is 14.7. The highest BCUT2D eigenvalue weighted by Crippen LogP contribution is 2.24. The molecule has 122 valence electrons. The van der Waals surface area contributed by atoms with E-state index in [4.69, 9.17) is 11.6 Å². The second-order valence-corrected chi connectivity index (χ2v) is 7.68. The molecule has 0 unspecified atom stereocenters. The first-order valence-corrected chi connectivity index (χ1v) is 9.55. The smallest absolute Gasteiger partial charge is 0.255 e. The van der Waals surface area contributed by atoms with Crippen LogP contribution < -0.4 is 5.32 Å². The van der Waals surface area contributed by atoms with Crippen molar-refractivity contribution in [3.05, 3.63) is 75.2 Å². The van der Waals surface area contributed by atoms with Gasteiger partial charge < -0.3 is 5.32 Å². The summed E-state index contributed by atoms with van der Waals surface area (Å²) in [6.45, 7) is 2.01. The average Bonchev–Trinajstić information content (AvgIpc) is 2.99. The highest BCUT2D eigenvalue weighted by molar-refractivity contribution is 7.98. The van der Waals surface area contributed by atoms with E-state index in [1.54, 1.807) is 41.3 Å². The molecule has 1 amide bonds. The van der Waals surface area contributed by atoms with Crippen LogP contribution in [-0.2, 0) is 5.75 Å². The Balaban J connectivity index is 1.60. The number of carbonyl (C=O) groups excluding carboxylic acids is 1. The lowest BCUT2D eigenvalue weighted by Crippen LogP contribution is -2.11. The topological polar surface area (TPSA) is 42.0 Å². The molecule has 6 heteroatoms. The summed E-state index contributed by atoms with van der Waals surface area (Å²) in [5.41, 5.74) is 2.39. The third kappa shape index (κ3) is 4.60. The van der Waals surface area contributed by atoms with Gasteiger partial charge in [-0.15, -0.1) is 23.1 Å². The number of rotatable bonds is 5. The third-order valence-corrected chi connectivity index (χ3v) is 5.36. The van der Waals surface area contributed by atoms with Crippen LogP contribution in [0.15, 0.2) is 58.8 Å². The van der Waals surface area contributed by atoms with Crippen LogP contribution >= 0.6 is 34.7 Å². The van der Waals surface area contributed by atoms with E-state index in [-0.39, 0.29) is 5.91 Å². The average molecular weight is 375 g/mol. The number of nitrogens with zero attached hydrogens (tertiary/aromatic N) is 1. The summed E-state index contributed by atoms with van der Waals surface area (Å²) in [6.07, 6.45) is 0. The summed E-state index contributed by atoms with van der Waals surface area (Å²) in [7, 11) is 0. The van der Waals surface area contributed by atoms with Crippen molar-refractivity contribution >= 4 is 46.3 Å². The molecule has 0 bridgehead atoms. The summed E-state index contributed by atoms with van der Waals surface area (Å²) in [4.78, 5) is 17.8. The van der Waals surface area contributed by atoms with E-state index in [1.807, 2.05) is 37.3 Å². The number of thiazole rings is 1. The van der Waals surface area contributed by atoms with Gasteiger partial charge in [0.15, 0.2) is 0 Å². The standard InChI is InChI=1S/C18H15ClN2OS2/c1-12-20-16(10-23-12)11-24-17-7-5-13(6-8-17)18(22)21-15-4-2-3-14(19)9-15/h2-10H,11H2,1H3,(H,21,22). The first-order chi connectivity index (χ1) is 11.6. The minimum atomic E-state index is -0.149. The Morgan fingerprint density at radius 1 is 1.25 bits per heavy atom. The molecule has 1 aromatic heterocycles. The fraction of sp³-hybridized carbons (Fsp3) is 0.111. The molecular formula is C18H15ClN2OS2. The molecule has 3 aromatic rings. The minimum Gasteiger partial charge on any atom is -0.322 e. The second kappa shape index (κ2) is 7.83. The Labute approximate surface area is 154 Å². The third-order valence-electron chi connectivity index (χ3n) is 3.25. The summed E-state index contributed by atoms with van der Waals surface area (Å²) < 4.78 is 0. The summed E-state index contributed by atoms with van der Waals surface area (Å²) >= 11 is 9.29. The lowest BCUT2D eigenvalue weighted by atomic mass is 10.2. The fourth-order valence-corrected chi connectivity index (χ4v) is 3.80. The van der Waals surface area contributed by atoms with Crippen LogP contribution in [0.3, 0.4) is 0 Å². The zero-order valence-corrected chi connectivity index (χ0v) is 15.3. The van der Waals surface area contributed by atoms with E-state index in [9.17, 15) is 4.79 Å². The van der Waals surface area contributed by atoms with E-state index in [1.165, 1.54) is 0 Å². The van der Waals surface area contributed by atoms with Crippen LogP contribution in [0.5, 0.6) is 0 Å². The monoisotopic (exact) mass is 374 g/mol. The van der Waals surface area contributed by atoms with Gasteiger partial charge in [0.2, 0.25) is 0 Å². The molecule has 24 heavy (non-hydrogen) atoms. The van der Waals surface area contributed by atoms with Crippen molar-refractivity contribution in [2.45, 2.75) is 17.6 Å². The van der Waals surface area contributed by atoms with Crippen molar-refractivity contribution in [2.75, 3.05) is 5.32 Å². The first kappa shape index (κ1) is 17.0. The normalized spacial score (nSPS) is 10.6. The van der Waals surface area contributed by atoms with E-state index >= 15 is 0 Å². The van der Waals surface area contributed by atoms with Gasteiger partial charge in [0.1, 0.15) is 0 Å². The molecule has 2 aromatic carbocycles. The molecule has 0 fully saturated rings. The van der Waals surface area contributed by atoms with Crippen molar-refractivity contribution in [1.29, 1.82) is 0 Å². The Bertz CT molecular complexity index is 846. The number of anilines is 1. The number of aromatic nitrogens is 1. The van der Waals surface area contributed by atoms with E-state index in [0.717, 1.165) is 21.3 Å². The molecule has 0 aliphatic rings.